The van der Waals surface area contributed by atoms with Crippen molar-refractivity contribution in [2.24, 2.45) is 0 Å². The fourth-order valence-corrected chi connectivity index (χ4v) is 2.11. The molecule has 0 fully saturated rings. The van der Waals surface area contributed by atoms with E-state index in [-0.39, 0.29) is 5.82 Å². The Hall–Kier alpha value is -1.35. The SMILES string of the molecule is Nc1nc(Nc2cc(Br)ccc2Br)cc(C(F)(F)F)n1. The Bertz CT molecular complexity index is 646. The largest absolute Gasteiger partial charge is 0.433 e. The fourth-order valence-electron chi connectivity index (χ4n) is 1.41. The van der Waals surface area contributed by atoms with E-state index in [0.29, 0.717) is 10.2 Å². The third kappa shape index (κ3) is 3.60. The highest BCUT2D eigenvalue weighted by molar-refractivity contribution is 9.11. The average Bonchev–Trinajstić information content (AvgIpc) is 2.32. The zero-order valence-electron chi connectivity index (χ0n) is 9.67. The number of nitrogens with zero attached hydrogens (tertiary/aromatic N) is 2. The summed E-state index contributed by atoms with van der Waals surface area (Å²) in [7, 11) is 0. The second-order valence-corrected chi connectivity index (χ2v) is 5.51. The minimum atomic E-state index is -4.58. The summed E-state index contributed by atoms with van der Waals surface area (Å²) in [5.74, 6) is -0.489. The molecule has 1 aromatic heterocycles. The number of hydrogen-bond donors (Lipinski definition) is 2. The molecule has 0 aliphatic heterocycles. The Balaban J connectivity index is 2.39. The first kappa shape index (κ1) is 15.0. The van der Waals surface area contributed by atoms with Crippen LogP contribution in [0, 0.1) is 0 Å². The van der Waals surface area contributed by atoms with E-state index in [1.807, 2.05) is 0 Å². The standard InChI is InChI=1S/C11H7Br2F3N4/c12-5-1-2-6(13)7(3-5)18-9-4-8(11(14,15)16)19-10(17)20-9/h1-4H,(H3,17,18,19,20). The average molecular weight is 412 g/mol. The lowest BCUT2D eigenvalue weighted by Gasteiger charge is -2.11. The van der Waals surface area contributed by atoms with Gasteiger partial charge in [-0.05, 0) is 34.1 Å². The molecule has 106 valence electrons. The van der Waals surface area contributed by atoms with Crippen molar-refractivity contribution in [1.29, 1.82) is 0 Å². The Morgan fingerprint density at radius 2 is 1.80 bits per heavy atom. The number of nitrogens with one attached hydrogen (secondary N) is 1. The van der Waals surface area contributed by atoms with Gasteiger partial charge in [0.05, 0.1) is 5.69 Å². The number of nitrogens with two attached hydrogens (primary N) is 1. The predicted molar refractivity (Wildman–Crippen MR) is 76.6 cm³/mol. The number of halogens is 5. The zero-order valence-corrected chi connectivity index (χ0v) is 12.8. The number of alkyl halides is 3. The number of nitrogen functional groups attached to an aromatic ring is 1. The molecule has 1 aromatic carbocycles. The van der Waals surface area contributed by atoms with E-state index in [1.165, 1.54) is 0 Å². The van der Waals surface area contributed by atoms with Crippen LogP contribution in [0.2, 0.25) is 0 Å². The minimum absolute atomic E-state index is 0.0383. The van der Waals surface area contributed by atoms with Crippen molar-refractivity contribution in [3.63, 3.8) is 0 Å². The van der Waals surface area contributed by atoms with E-state index in [9.17, 15) is 13.2 Å². The Morgan fingerprint density at radius 3 is 2.45 bits per heavy atom. The molecule has 0 aliphatic carbocycles. The van der Waals surface area contributed by atoms with Crippen LogP contribution in [0.4, 0.5) is 30.6 Å². The molecule has 1 heterocycles. The van der Waals surface area contributed by atoms with Crippen LogP contribution in [0.3, 0.4) is 0 Å². The summed E-state index contributed by atoms with van der Waals surface area (Å²) in [6, 6.07) is 6.01. The lowest BCUT2D eigenvalue weighted by molar-refractivity contribution is -0.141. The van der Waals surface area contributed by atoms with Gasteiger partial charge in [-0.1, -0.05) is 15.9 Å². The van der Waals surface area contributed by atoms with E-state index in [4.69, 9.17) is 5.73 Å². The van der Waals surface area contributed by atoms with E-state index >= 15 is 0 Å². The fraction of sp³-hybridized carbons (Fsp3) is 0.0909. The number of benzene rings is 1. The summed E-state index contributed by atoms with van der Waals surface area (Å²) < 4.78 is 39.4. The highest BCUT2D eigenvalue weighted by Gasteiger charge is 2.33. The number of anilines is 3. The van der Waals surface area contributed by atoms with Gasteiger partial charge in [0.1, 0.15) is 5.82 Å². The van der Waals surface area contributed by atoms with Gasteiger partial charge in [-0.25, -0.2) is 4.98 Å². The molecule has 0 saturated heterocycles. The monoisotopic (exact) mass is 410 g/mol. The van der Waals surface area contributed by atoms with Crippen LogP contribution < -0.4 is 11.1 Å². The molecule has 0 bridgehead atoms. The van der Waals surface area contributed by atoms with Gasteiger partial charge in [0.25, 0.3) is 0 Å². The number of hydrogen-bond acceptors (Lipinski definition) is 4. The smallest absolute Gasteiger partial charge is 0.368 e. The maximum absolute atomic E-state index is 12.6. The number of rotatable bonds is 2. The topological polar surface area (TPSA) is 63.8 Å². The Morgan fingerprint density at radius 1 is 1.10 bits per heavy atom. The first-order valence-electron chi connectivity index (χ1n) is 5.19. The second-order valence-electron chi connectivity index (χ2n) is 3.74. The Labute approximate surface area is 128 Å². The van der Waals surface area contributed by atoms with Crippen molar-refractivity contribution in [2.45, 2.75) is 6.18 Å². The lowest BCUT2D eigenvalue weighted by atomic mass is 10.3. The lowest BCUT2D eigenvalue weighted by Crippen LogP contribution is -2.12. The number of aromatic nitrogens is 2. The summed E-state index contributed by atoms with van der Waals surface area (Å²) in [6.45, 7) is 0. The molecule has 0 aliphatic rings. The van der Waals surface area contributed by atoms with Crippen molar-refractivity contribution >= 4 is 49.3 Å². The van der Waals surface area contributed by atoms with Crippen LogP contribution in [-0.4, -0.2) is 9.97 Å². The minimum Gasteiger partial charge on any atom is -0.368 e. The Kier molecular flexibility index (Phi) is 4.19. The molecular weight excluding hydrogens is 405 g/mol. The molecule has 0 saturated carbocycles. The zero-order chi connectivity index (χ0) is 14.9. The van der Waals surface area contributed by atoms with E-state index < -0.39 is 17.8 Å². The van der Waals surface area contributed by atoms with Gasteiger partial charge in [0.2, 0.25) is 5.95 Å². The third-order valence-corrected chi connectivity index (χ3v) is 3.41. The highest BCUT2D eigenvalue weighted by atomic mass is 79.9. The second kappa shape index (κ2) is 5.57. The normalized spacial score (nSPS) is 11.4. The molecular formula is C11H7Br2F3N4. The molecule has 20 heavy (non-hydrogen) atoms. The summed E-state index contributed by atoms with van der Waals surface area (Å²) in [5, 5.41) is 2.76. The molecule has 2 rings (SSSR count). The van der Waals surface area contributed by atoms with Gasteiger partial charge < -0.3 is 11.1 Å². The molecule has 9 heteroatoms. The molecule has 0 unspecified atom stereocenters. The van der Waals surface area contributed by atoms with E-state index in [1.54, 1.807) is 18.2 Å². The van der Waals surface area contributed by atoms with E-state index in [0.717, 1.165) is 10.5 Å². The quantitative estimate of drug-likeness (QED) is 0.771. The van der Waals surface area contributed by atoms with Gasteiger partial charge in [-0.3, -0.25) is 0 Å². The van der Waals surface area contributed by atoms with Crippen LogP contribution in [0.1, 0.15) is 5.69 Å². The van der Waals surface area contributed by atoms with Crippen molar-refractivity contribution in [3.05, 3.63) is 38.9 Å². The van der Waals surface area contributed by atoms with Crippen LogP contribution in [0.5, 0.6) is 0 Å². The highest BCUT2D eigenvalue weighted by Crippen LogP contribution is 2.32. The maximum Gasteiger partial charge on any atom is 0.433 e. The summed E-state index contributed by atoms with van der Waals surface area (Å²) in [6.07, 6.45) is -4.58. The van der Waals surface area contributed by atoms with Gasteiger partial charge in [-0.2, -0.15) is 18.2 Å². The van der Waals surface area contributed by atoms with Crippen LogP contribution in [0.25, 0.3) is 0 Å². The molecule has 4 nitrogen and oxygen atoms in total. The summed E-state index contributed by atoms with van der Waals surface area (Å²) in [4.78, 5) is 6.90. The maximum atomic E-state index is 12.6. The van der Waals surface area contributed by atoms with Crippen molar-refractivity contribution < 1.29 is 13.2 Å². The van der Waals surface area contributed by atoms with E-state index in [2.05, 4.69) is 47.1 Å². The van der Waals surface area contributed by atoms with Crippen molar-refractivity contribution in [1.82, 2.24) is 9.97 Å². The van der Waals surface area contributed by atoms with Crippen molar-refractivity contribution in [3.8, 4) is 0 Å². The molecule has 0 radical (unpaired) electrons. The summed E-state index contributed by atoms with van der Waals surface area (Å²) in [5.41, 5.74) is 4.74. The van der Waals surface area contributed by atoms with Gasteiger partial charge in [-0.15, -0.1) is 0 Å². The first-order valence-corrected chi connectivity index (χ1v) is 6.78. The summed E-state index contributed by atoms with van der Waals surface area (Å²) >= 11 is 6.56. The van der Waals surface area contributed by atoms with Crippen LogP contribution in [-0.2, 0) is 6.18 Å². The van der Waals surface area contributed by atoms with Gasteiger partial charge >= 0.3 is 6.18 Å². The van der Waals surface area contributed by atoms with Gasteiger partial charge in [0, 0.05) is 15.0 Å². The third-order valence-electron chi connectivity index (χ3n) is 2.23. The molecule has 0 amide bonds. The molecule has 0 atom stereocenters. The van der Waals surface area contributed by atoms with Crippen LogP contribution in [0.15, 0.2) is 33.2 Å². The first-order chi connectivity index (χ1) is 9.25. The molecule has 3 N–H and O–H groups in total. The van der Waals surface area contributed by atoms with Gasteiger partial charge in [0.15, 0.2) is 5.69 Å². The predicted octanol–water partition coefficient (Wildman–Crippen LogP) is 4.35. The molecule has 0 spiro atoms. The molecule has 2 aromatic rings. The van der Waals surface area contributed by atoms with Crippen LogP contribution >= 0.6 is 31.9 Å². The van der Waals surface area contributed by atoms with Crippen molar-refractivity contribution in [2.75, 3.05) is 11.1 Å².